The summed E-state index contributed by atoms with van der Waals surface area (Å²) < 4.78 is 5.50. The minimum atomic E-state index is -0.692. The molecular weight excluding hydrogens is 428 g/mol. The number of pyridine rings is 1. The third-order valence-corrected chi connectivity index (χ3v) is 4.28. The van der Waals surface area contributed by atoms with Crippen molar-refractivity contribution < 1.29 is 19.1 Å². The fourth-order valence-corrected chi connectivity index (χ4v) is 2.75. The predicted molar refractivity (Wildman–Crippen MR) is 108 cm³/mol. The van der Waals surface area contributed by atoms with Crippen LogP contribution in [0.5, 0.6) is 0 Å². The molecule has 1 aromatic heterocycles. The van der Waals surface area contributed by atoms with Gasteiger partial charge in [-0.2, -0.15) is 0 Å². The van der Waals surface area contributed by atoms with E-state index in [0.29, 0.717) is 10.0 Å². The topological polar surface area (TPSA) is 101 Å². The molecule has 0 fully saturated rings. The molecule has 1 aromatic carbocycles. The Kier molecular flexibility index (Phi) is 7.94. The summed E-state index contributed by atoms with van der Waals surface area (Å²) in [4.78, 5) is 41.7. The van der Waals surface area contributed by atoms with E-state index in [-0.39, 0.29) is 5.56 Å². The Labute approximate surface area is 171 Å². The van der Waals surface area contributed by atoms with Gasteiger partial charge in [-0.05, 0) is 60.1 Å². The highest BCUT2D eigenvalue weighted by atomic mass is 79.9. The number of anilines is 1. The van der Waals surface area contributed by atoms with Crippen LogP contribution < -0.4 is 15.8 Å². The van der Waals surface area contributed by atoms with E-state index < -0.39 is 24.4 Å². The molecule has 8 nitrogen and oxygen atoms in total. The van der Waals surface area contributed by atoms with Crippen molar-refractivity contribution >= 4 is 39.4 Å². The molecule has 148 valence electrons. The average molecular weight is 449 g/mol. The molecule has 2 N–H and O–H groups in total. The number of esters is 1. The monoisotopic (exact) mass is 448 g/mol. The second kappa shape index (κ2) is 10.4. The van der Waals surface area contributed by atoms with Crippen molar-refractivity contribution in [3.8, 4) is 0 Å². The first-order chi connectivity index (χ1) is 13.4. The van der Waals surface area contributed by atoms with E-state index in [9.17, 15) is 14.4 Å². The van der Waals surface area contributed by atoms with Gasteiger partial charge in [-0.3, -0.25) is 25.4 Å². The van der Waals surface area contributed by atoms with E-state index in [1.807, 2.05) is 12.1 Å². The van der Waals surface area contributed by atoms with E-state index in [4.69, 9.17) is 4.74 Å². The van der Waals surface area contributed by atoms with Gasteiger partial charge in [0.15, 0.2) is 6.61 Å². The number of ether oxygens (including phenoxy) is 1. The molecule has 2 rings (SSSR count). The van der Waals surface area contributed by atoms with Gasteiger partial charge in [0.05, 0.1) is 5.56 Å². The van der Waals surface area contributed by atoms with Gasteiger partial charge < -0.3 is 9.64 Å². The van der Waals surface area contributed by atoms with Gasteiger partial charge in [0.1, 0.15) is 0 Å². The largest absolute Gasteiger partial charge is 0.452 e. The molecule has 0 spiro atoms. The molecule has 0 saturated heterocycles. The summed E-state index contributed by atoms with van der Waals surface area (Å²) in [5, 5.41) is 0. The summed E-state index contributed by atoms with van der Waals surface area (Å²) in [5.74, 6) is -1.83. The fraction of sp³-hybridized carbons (Fsp3) is 0.263. The van der Waals surface area contributed by atoms with Gasteiger partial charge in [-0.25, -0.2) is 4.79 Å². The molecule has 0 aliphatic carbocycles. The first-order valence-electron chi connectivity index (χ1n) is 8.66. The molecule has 2 amide bonds. The average Bonchev–Trinajstić information content (AvgIpc) is 2.71. The van der Waals surface area contributed by atoms with Crippen LogP contribution in [0, 0.1) is 0 Å². The number of halogens is 1. The van der Waals surface area contributed by atoms with Crippen molar-refractivity contribution in [3.05, 3.63) is 58.3 Å². The molecule has 0 aliphatic rings. The van der Waals surface area contributed by atoms with Crippen molar-refractivity contribution in [2.24, 2.45) is 0 Å². The van der Waals surface area contributed by atoms with Gasteiger partial charge in [0, 0.05) is 41.2 Å². The maximum absolute atomic E-state index is 12.1. The minimum Gasteiger partial charge on any atom is -0.452 e. The van der Waals surface area contributed by atoms with Crippen LogP contribution in [0.2, 0.25) is 0 Å². The first kappa shape index (κ1) is 21.4. The molecule has 1 heterocycles. The second-order valence-corrected chi connectivity index (χ2v) is 6.61. The SMILES string of the molecule is CCN(CC)c1ccc(C(=O)NNC(=O)COC(=O)c2cncc(Br)c2)cc1. The Morgan fingerprint density at radius 1 is 1.04 bits per heavy atom. The molecule has 0 saturated carbocycles. The van der Waals surface area contributed by atoms with Crippen LogP contribution in [0.1, 0.15) is 34.6 Å². The molecule has 0 unspecified atom stereocenters. The first-order valence-corrected chi connectivity index (χ1v) is 9.45. The standard InChI is InChI=1S/C19H21BrN4O4/c1-3-24(4-2)16-7-5-13(6-8-16)18(26)23-22-17(25)12-28-19(27)14-9-15(20)11-21-10-14/h5-11H,3-4,12H2,1-2H3,(H,22,25)(H,23,26). The summed E-state index contributed by atoms with van der Waals surface area (Å²) in [7, 11) is 0. The second-order valence-electron chi connectivity index (χ2n) is 5.69. The molecule has 9 heteroatoms. The minimum absolute atomic E-state index is 0.208. The number of benzene rings is 1. The summed E-state index contributed by atoms with van der Waals surface area (Å²) >= 11 is 3.19. The highest BCUT2D eigenvalue weighted by Gasteiger charge is 2.12. The maximum atomic E-state index is 12.1. The van der Waals surface area contributed by atoms with Crippen LogP contribution >= 0.6 is 15.9 Å². The van der Waals surface area contributed by atoms with Gasteiger partial charge >= 0.3 is 5.97 Å². The number of hydrogen-bond acceptors (Lipinski definition) is 6. The van der Waals surface area contributed by atoms with Crippen LogP contribution in [-0.2, 0) is 9.53 Å². The highest BCUT2D eigenvalue weighted by Crippen LogP contribution is 2.14. The maximum Gasteiger partial charge on any atom is 0.340 e. The third-order valence-electron chi connectivity index (χ3n) is 3.85. The van der Waals surface area contributed by atoms with E-state index in [0.717, 1.165) is 18.8 Å². The summed E-state index contributed by atoms with van der Waals surface area (Å²) in [6.45, 7) is 5.31. The fourth-order valence-electron chi connectivity index (χ4n) is 2.39. The zero-order valence-electron chi connectivity index (χ0n) is 15.6. The number of rotatable bonds is 7. The molecule has 0 aliphatic heterocycles. The van der Waals surface area contributed by atoms with Crippen molar-refractivity contribution in [3.63, 3.8) is 0 Å². The van der Waals surface area contributed by atoms with Crippen molar-refractivity contribution in [1.82, 2.24) is 15.8 Å². The van der Waals surface area contributed by atoms with Gasteiger partial charge in [-0.1, -0.05) is 0 Å². The number of carbonyl (C=O) groups excluding carboxylic acids is 3. The molecule has 0 atom stereocenters. The number of aromatic nitrogens is 1. The number of amides is 2. The molecule has 0 bridgehead atoms. The quantitative estimate of drug-likeness (QED) is 0.497. The Balaban J connectivity index is 1.80. The molecule has 28 heavy (non-hydrogen) atoms. The lowest BCUT2D eigenvalue weighted by molar-refractivity contribution is -0.125. The van der Waals surface area contributed by atoms with E-state index in [1.165, 1.54) is 18.5 Å². The Morgan fingerprint density at radius 3 is 2.32 bits per heavy atom. The predicted octanol–water partition coefficient (Wildman–Crippen LogP) is 2.31. The van der Waals surface area contributed by atoms with E-state index in [2.05, 4.69) is 50.5 Å². The van der Waals surface area contributed by atoms with Crippen molar-refractivity contribution in [2.45, 2.75) is 13.8 Å². The van der Waals surface area contributed by atoms with Crippen LogP contribution in [0.3, 0.4) is 0 Å². The van der Waals surface area contributed by atoms with Crippen LogP contribution in [0.15, 0.2) is 47.2 Å². The number of hydrogen-bond donors (Lipinski definition) is 2. The molecular formula is C19H21BrN4O4. The van der Waals surface area contributed by atoms with Crippen LogP contribution in [-0.4, -0.2) is 42.5 Å². The van der Waals surface area contributed by atoms with E-state index in [1.54, 1.807) is 12.1 Å². The van der Waals surface area contributed by atoms with Gasteiger partial charge in [0.25, 0.3) is 11.8 Å². The summed E-state index contributed by atoms with van der Waals surface area (Å²) in [5.41, 5.74) is 6.11. The van der Waals surface area contributed by atoms with Crippen LogP contribution in [0.4, 0.5) is 5.69 Å². The lowest BCUT2D eigenvalue weighted by atomic mass is 10.2. The van der Waals surface area contributed by atoms with Gasteiger partial charge in [-0.15, -0.1) is 0 Å². The van der Waals surface area contributed by atoms with Crippen LogP contribution in [0.25, 0.3) is 0 Å². The van der Waals surface area contributed by atoms with Crippen molar-refractivity contribution in [2.75, 3.05) is 24.6 Å². The van der Waals surface area contributed by atoms with Crippen molar-refractivity contribution in [1.29, 1.82) is 0 Å². The van der Waals surface area contributed by atoms with Gasteiger partial charge in [0.2, 0.25) is 0 Å². The highest BCUT2D eigenvalue weighted by molar-refractivity contribution is 9.10. The Bertz CT molecular complexity index is 838. The zero-order chi connectivity index (χ0) is 20.5. The Hall–Kier alpha value is -2.94. The summed E-state index contributed by atoms with van der Waals surface area (Å²) in [6.07, 6.45) is 2.85. The third kappa shape index (κ3) is 6.05. The molecule has 2 aromatic rings. The number of nitrogens with zero attached hydrogens (tertiary/aromatic N) is 2. The van der Waals surface area contributed by atoms with E-state index >= 15 is 0 Å². The zero-order valence-corrected chi connectivity index (χ0v) is 17.2. The number of hydrazine groups is 1. The number of carbonyl (C=O) groups is 3. The smallest absolute Gasteiger partial charge is 0.340 e. The number of nitrogens with one attached hydrogen (secondary N) is 2. The summed E-state index contributed by atoms with van der Waals surface area (Å²) in [6, 6.07) is 8.57. The lowest BCUT2D eigenvalue weighted by Crippen LogP contribution is -2.43. The Morgan fingerprint density at radius 2 is 1.71 bits per heavy atom. The lowest BCUT2D eigenvalue weighted by Gasteiger charge is -2.21. The normalized spacial score (nSPS) is 10.1. The molecule has 0 radical (unpaired) electrons.